The second-order valence-corrected chi connectivity index (χ2v) is 5.33. The van der Waals surface area contributed by atoms with Crippen LogP contribution in [-0.4, -0.2) is 12.6 Å². The van der Waals surface area contributed by atoms with Crippen LogP contribution in [0.3, 0.4) is 0 Å². The molecule has 0 aliphatic carbocycles. The van der Waals surface area contributed by atoms with E-state index in [9.17, 15) is 0 Å². The van der Waals surface area contributed by atoms with Crippen molar-refractivity contribution >= 4 is 11.6 Å². The number of hydrogen-bond acceptors (Lipinski definition) is 2. The Hall–Kier alpha value is -1.51. The van der Waals surface area contributed by atoms with Crippen molar-refractivity contribution in [3.63, 3.8) is 0 Å². The molecule has 0 radical (unpaired) electrons. The summed E-state index contributed by atoms with van der Waals surface area (Å²) in [5.41, 5.74) is 7.36. The van der Waals surface area contributed by atoms with Crippen molar-refractivity contribution < 1.29 is 4.74 Å². The van der Waals surface area contributed by atoms with Crippen molar-refractivity contribution in [1.29, 1.82) is 0 Å². The van der Waals surface area contributed by atoms with Crippen LogP contribution in [-0.2, 0) is 6.42 Å². The van der Waals surface area contributed by atoms with Crippen LogP contribution in [0.15, 0.2) is 54.6 Å². The van der Waals surface area contributed by atoms with E-state index >= 15 is 0 Å². The molecule has 0 bridgehead atoms. The zero-order valence-electron chi connectivity index (χ0n) is 11.5. The van der Waals surface area contributed by atoms with Crippen LogP contribution < -0.4 is 10.5 Å². The van der Waals surface area contributed by atoms with Crippen LogP contribution in [0.1, 0.15) is 18.4 Å². The standard InChI is InChI=1S/C17H20ClNO/c18-15-10-8-14(9-11-15)13-16(19)5-4-12-20-17-6-2-1-3-7-17/h1-3,6-11,16H,4-5,12-13,19H2. The van der Waals surface area contributed by atoms with E-state index in [1.165, 1.54) is 5.56 Å². The molecular weight excluding hydrogens is 270 g/mol. The van der Waals surface area contributed by atoms with Gasteiger partial charge < -0.3 is 10.5 Å². The molecule has 0 aliphatic rings. The van der Waals surface area contributed by atoms with Crippen LogP contribution in [0.5, 0.6) is 5.75 Å². The smallest absolute Gasteiger partial charge is 0.119 e. The highest BCUT2D eigenvalue weighted by atomic mass is 35.5. The van der Waals surface area contributed by atoms with E-state index < -0.39 is 0 Å². The molecule has 2 aromatic carbocycles. The second kappa shape index (κ2) is 7.93. The molecule has 2 nitrogen and oxygen atoms in total. The minimum absolute atomic E-state index is 0.163. The van der Waals surface area contributed by atoms with Crippen LogP contribution in [0.4, 0.5) is 0 Å². The Morgan fingerprint density at radius 1 is 1.00 bits per heavy atom. The Morgan fingerprint density at radius 2 is 1.70 bits per heavy atom. The quantitative estimate of drug-likeness (QED) is 0.780. The molecule has 106 valence electrons. The Bertz CT molecular complexity index is 498. The Morgan fingerprint density at radius 3 is 2.40 bits per heavy atom. The average molecular weight is 290 g/mol. The zero-order valence-corrected chi connectivity index (χ0v) is 12.2. The lowest BCUT2D eigenvalue weighted by molar-refractivity contribution is 0.301. The lowest BCUT2D eigenvalue weighted by atomic mass is 10.0. The fraction of sp³-hybridized carbons (Fsp3) is 0.294. The van der Waals surface area contributed by atoms with Gasteiger partial charge in [-0.25, -0.2) is 0 Å². The van der Waals surface area contributed by atoms with E-state index in [2.05, 4.69) is 0 Å². The summed E-state index contributed by atoms with van der Waals surface area (Å²) in [6.07, 6.45) is 2.79. The summed E-state index contributed by atoms with van der Waals surface area (Å²) in [7, 11) is 0. The van der Waals surface area contributed by atoms with Crippen molar-refractivity contribution in [2.45, 2.75) is 25.3 Å². The van der Waals surface area contributed by atoms with Gasteiger partial charge in [0.15, 0.2) is 0 Å². The van der Waals surface area contributed by atoms with E-state index in [1.54, 1.807) is 0 Å². The Labute approximate surface area is 125 Å². The monoisotopic (exact) mass is 289 g/mol. The summed E-state index contributed by atoms with van der Waals surface area (Å²) in [5.74, 6) is 0.916. The maximum atomic E-state index is 6.13. The largest absolute Gasteiger partial charge is 0.494 e. The number of hydrogen-bond donors (Lipinski definition) is 1. The predicted molar refractivity (Wildman–Crippen MR) is 84.3 cm³/mol. The number of rotatable bonds is 7. The molecule has 0 fully saturated rings. The van der Waals surface area contributed by atoms with Crippen molar-refractivity contribution in [1.82, 2.24) is 0 Å². The normalized spacial score (nSPS) is 12.1. The fourth-order valence-electron chi connectivity index (χ4n) is 2.08. The molecule has 0 aromatic heterocycles. The summed E-state index contributed by atoms with van der Waals surface area (Å²) in [6.45, 7) is 0.707. The molecule has 0 amide bonds. The van der Waals surface area contributed by atoms with Gasteiger partial charge in [0.1, 0.15) is 5.75 Å². The topological polar surface area (TPSA) is 35.2 Å². The summed E-state index contributed by atoms with van der Waals surface area (Å²) < 4.78 is 5.65. The number of halogens is 1. The fourth-order valence-corrected chi connectivity index (χ4v) is 2.20. The van der Waals surface area contributed by atoms with Crippen molar-refractivity contribution in [3.8, 4) is 5.75 Å². The van der Waals surface area contributed by atoms with E-state index in [4.69, 9.17) is 22.1 Å². The molecule has 2 rings (SSSR count). The molecule has 1 atom stereocenters. The molecule has 2 N–H and O–H groups in total. The number of nitrogens with two attached hydrogens (primary N) is 1. The molecule has 1 unspecified atom stereocenters. The highest BCUT2D eigenvalue weighted by Gasteiger charge is 2.04. The van der Waals surface area contributed by atoms with Gasteiger partial charge in [0.2, 0.25) is 0 Å². The molecule has 0 saturated carbocycles. The molecule has 2 aromatic rings. The molecular formula is C17H20ClNO. The summed E-state index contributed by atoms with van der Waals surface area (Å²) in [5, 5.41) is 0.763. The first kappa shape index (κ1) is 14.9. The summed E-state index contributed by atoms with van der Waals surface area (Å²) >= 11 is 5.86. The lowest BCUT2D eigenvalue weighted by Gasteiger charge is -2.12. The van der Waals surface area contributed by atoms with Crippen LogP contribution >= 0.6 is 11.6 Å². The molecule has 3 heteroatoms. The van der Waals surface area contributed by atoms with E-state index in [-0.39, 0.29) is 6.04 Å². The highest BCUT2D eigenvalue weighted by molar-refractivity contribution is 6.30. The van der Waals surface area contributed by atoms with Crippen molar-refractivity contribution in [2.75, 3.05) is 6.61 Å². The van der Waals surface area contributed by atoms with Crippen molar-refractivity contribution in [2.24, 2.45) is 5.73 Å². The SMILES string of the molecule is NC(CCCOc1ccccc1)Cc1ccc(Cl)cc1. The average Bonchev–Trinajstić information content (AvgIpc) is 2.47. The number of benzene rings is 2. The number of para-hydroxylation sites is 1. The third-order valence-electron chi connectivity index (χ3n) is 3.14. The van der Waals surface area contributed by atoms with Crippen LogP contribution in [0.2, 0.25) is 5.02 Å². The Balaban J connectivity index is 1.65. The predicted octanol–water partition coefficient (Wildman–Crippen LogP) is 4.07. The summed E-state index contributed by atoms with van der Waals surface area (Å²) in [4.78, 5) is 0. The van der Waals surface area contributed by atoms with Gasteiger partial charge in [0, 0.05) is 11.1 Å². The van der Waals surface area contributed by atoms with Gasteiger partial charge in [0.05, 0.1) is 6.61 Å². The van der Waals surface area contributed by atoms with Gasteiger partial charge in [-0.05, 0) is 49.1 Å². The minimum atomic E-state index is 0.163. The van der Waals surface area contributed by atoms with E-state index in [1.807, 2.05) is 54.6 Å². The van der Waals surface area contributed by atoms with Crippen LogP contribution in [0.25, 0.3) is 0 Å². The van der Waals surface area contributed by atoms with Gasteiger partial charge in [-0.3, -0.25) is 0 Å². The zero-order chi connectivity index (χ0) is 14.2. The molecule has 0 heterocycles. The van der Waals surface area contributed by atoms with Gasteiger partial charge in [-0.15, -0.1) is 0 Å². The first-order valence-electron chi connectivity index (χ1n) is 6.92. The first-order chi connectivity index (χ1) is 9.74. The summed E-state index contributed by atoms with van der Waals surface area (Å²) in [6, 6.07) is 17.9. The van der Waals surface area contributed by atoms with Gasteiger partial charge in [0.25, 0.3) is 0 Å². The minimum Gasteiger partial charge on any atom is -0.494 e. The lowest BCUT2D eigenvalue weighted by Crippen LogP contribution is -2.23. The number of ether oxygens (including phenoxy) is 1. The third-order valence-corrected chi connectivity index (χ3v) is 3.39. The van der Waals surface area contributed by atoms with E-state index in [0.29, 0.717) is 6.61 Å². The Kier molecular flexibility index (Phi) is 5.90. The highest BCUT2D eigenvalue weighted by Crippen LogP contribution is 2.13. The van der Waals surface area contributed by atoms with Gasteiger partial charge in [-0.2, -0.15) is 0 Å². The van der Waals surface area contributed by atoms with Crippen LogP contribution in [0, 0.1) is 0 Å². The molecule has 0 aliphatic heterocycles. The second-order valence-electron chi connectivity index (χ2n) is 4.89. The maximum Gasteiger partial charge on any atom is 0.119 e. The van der Waals surface area contributed by atoms with Crippen molar-refractivity contribution in [3.05, 3.63) is 65.2 Å². The van der Waals surface area contributed by atoms with E-state index in [0.717, 1.165) is 30.0 Å². The third kappa shape index (κ3) is 5.24. The molecule has 0 spiro atoms. The maximum absolute atomic E-state index is 6.13. The molecule has 20 heavy (non-hydrogen) atoms. The van der Waals surface area contributed by atoms with Gasteiger partial charge in [-0.1, -0.05) is 41.9 Å². The first-order valence-corrected chi connectivity index (χ1v) is 7.30. The van der Waals surface area contributed by atoms with Gasteiger partial charge >= 0.3 is 0 Å². The molecule has 0 saturated heterocycles.